The van der Waals surface area contributed by atoms with Crippen LogP contribution in [0.5, 0.6) is 0 Å². The molecule has 0 aromatic rings. The van der Waals surface area contributed by atoms with Crippen LogP contribution in [-0.4, -0.2) is 12.7 Å². The van der Waals surface area contributed by atoms with Crippen LogP contribution in [0.4, 0.5) is 0 Å². The summed E-state index contributed by atoms with van der Waals surface area (Å²) in [5.41, 5.74) is 0. The Morgan fingerprint density at radius 3 is 1.69 bits per heavy atom. The molecule has 1 nitrogen and oxygen atoms in total. The Kier molecular flexibility index (Phi) is 12.0. The molecule has 2 fully saturated rings. The molecule has 0 bridgehead atoms. The third kappa shape index (κ3) is 9.25. The van der Waals surface area contributed by atoms with Crippen LogP contribution in [-0.2, 0) is 4.74 Å². The van der Waals surface area contributed by atoms with E-state index in [1.54, 1.807) is 0 Å². The van der Waals surface area contributed by atoms with Crippen molar-refractivity contribution < 1.29 is 4.74 Å². The summed E-state index contributed by atoms with van der Waals surface area (Å²) in [5.74, 6) is 3.07. The molecule has 0 heterocycles. The molecule has 2 saturated carbocycles. The van der Waals surface area contributed by atoms with Crippen molar-refractivity contribution in [1.82, 2.24) is 0 Å². The summed E-state index contributed by atoms with van der Waals surface area (Å²) in [7, 11) is 0. The van der Waals surface area contributed by atoms with Gasteiger partial charge < -0.3 is 4.74 Å². The molecule has 26 heavy (non-hydrogen) atoms. The lowest BCUT2D eigenvalue weighted by molar-refractivity contribution is 0.0131. The number of ether oxygens (including phenoxy) is 1. The van der Waals surface area contributed by atoms with Crippen LogP contribution in [0.25, 0.3) is 0 Å². The van der Waals surface area contributed by atoms with Gasteiger partial charge in [0.2, 0.25) is 0 Å². The Bertz CT molecular complexity index is 310. The molecular weight excluding hydrogens is 316 g/mol. The first-order valence-electron chi connectivity index (χ1n) is 12.4. The van der Waals surface area contributed by atoms with E-state index in [4.69, 9.17) is 4.74 Å². The third-order valence-electron chi connectivity index (χ3n) is 7.28. The maximum atomic E-state index is 6.24. The van der Waals surface area contributed by atoms with Crippen LogP contribution >= 0.6 is 0 Å². The van der Waals surface area contributed by atoms with E-state index in [0.29, 0.717) is 6.10 Å². The molecular formula is C25H48O. The van der Waals surface area contributed by atoms with E-state index in [1.807, 2.05) is 0 Å². The molecule has 2 aliphatic carbocycles. The zero-order valence-electron chi connectivity index (χ0n) is 18.2. The Morgan fingerprint density at radius 2 is 1.08 bits per heavy atom. The number of rotatable bonds is 13. The molecule has 0 saturated heterocycles. The van der Waals surface area contributed by atoms with Crippen LogP contribution in [0.3, 0.4) is 0 Å². The van der Waals surface area contributed by atoms with Crippen molar-refractivity contribution in [1.29, 1.82) is 0 Å². The van der Waals surface area contributed by atoms with Crippen molar-refractivity contribution >= 4 is 0 Å². The highest BCUT2D eigenvalue weighted by atomic mass is 16.5. The second kappa shape index (κ2) is 14.0. The summed E-state index contributed by atoms with van der Waals surface area (Å²) in [6, 6.07) is 0. The quantitative estimate of drug-likeness (QED) is 0.298. The van der Waals surface area contributed by atoms with E-state index < -0.39 is 0 Å². The fourth-order valence-electron chi connectivity index (χ4n) is 5.46. The summed E-state index contributed by atoms with van der Waals surface area (Å²) >= 11 is 0. The second-order valence-electron chi connectivity index (χ2n) is 9.53. The van der Waals surface area contributed by atoms with Gasteiger partial charge in [0.05, 0.1) is 6.10 Å². The standard InChI is InChI=1S/C25H48O/c1-3-5-6-7-8-11-23-17-19-25(20-18-23)26-21-9-12-24-15-13-22(10-4-2)14-16-24/h22-25H,3-21H2,1-2H3/t22-,23-,24-,25-. The number of unbranched alkanes of at least 4 members (excludes halogenated alkanes) is 4. The fraction of sp³-hybridized carbons (Fsp3) is 1.00. The number of hydrogen-bond acceptors (Lipinski definition) is 1. The molecule has 1 heteroatoms. The lowest BCUT2D eigenvalue weighted by atomic mass is 9.78. The Hall–Kier alpha value is -0.0400. The highest BCUT2D eigenvalue weighted by molar-refractivity contribution is 4.74. The van der Waals surface area contributed by atoms with Crippen molar-refractivity contribution in [3.05, 3.63) is 0 Å². The zero-order chi connectivity index (χ0) is 18.5. The van der Waals surface area contributed by atoms with Crippen LogP contribution < -0.4 is 0 Å². The maximum absolute atomic E-state index is 6.24. The van der Waals surface area contributed by atoms with E-state index in [0.717, 1.165) is 24.4 Å². The van der Waals surface area contributed by atoms with E-state index in [1.165, 1.54) is 116 Å². The van der Waals surface area contributed by atoms with Gasteiger partial charge in [-0.05, 0) is 56.3 Å². The molecule has 0 aromatic heterocycles. The second-order valence-corrected chi connectivity index (χ2v) is 9.53. The zero-order valence-corrected chi connectivity index (χ0v) is 18.2. The first-order valence-corrected chi connectivity index (χ1v) is 12.4. The molecule has 0 N–H and O–H groups in total. The highest BCUT2D eigenvalue weighted by Gasteiger charge is 2.22. The monoisotopic (exact) mass is 364 g/mol. The molecule has 0 spiro atoms. The van der Waals surface area contributed by atoms with Gasteiger partial charge in [0.25, 0.3) is 0 Å². The normalized spacial score (nSPS) is 29.8. The largest absolute Gasteiger partial charge is 0.378 e. The van der Waals surface area contributed by atoms with Gasteiger partial charge in [-0.2, -0.15) is 0 Å². The minimum atomic E-state index is 0.589. The van der Waals surface area contributed by atoms with E-state index in [2.05, 4.69) is 13.8 Å². The van der Waals surface area contributed by atoms with Gasteiger partial charge in [0, 0.05) is 6.61 Å². The summed E-state index contributed by atoms with van der Waals surface area (Å²) in [4.78, 5) is 0. The SMILES string of the molecule is CCCCCCC[C@H]1CC[C@H](OCCC[C@H]2CC[C@H](CCC)CC2)CC1. The first-order chi connectivity index (χ1) is 12.8. The van der Waals surface area contributed by atoms with Crippen molar-refractivity contribution in [2.24, 2.45) is 17.8 Å². The molecule has 2 rings (SSSR count). The third-order valence-corrected chi connectivity index (χ3v) is 7.28. The van der Waals surface area contributed by atoms with Crippen molar-refractivity contribution in [3.63, 3.8) is 0 Å². The van der Waals surface area contributed by atoms with E-state index >= 15 is 0 Å². The molecule has 0 radical (unpaired) electrons. The smallest absolute Gasteiger partial charge is 0.0575 e. The van der Waals surface area contributed by atoms with Crippen LogP contribution in [0.1, 0.15) is 129 Å². The molecule has 154 valence electrons. The van der Waals surface area contributed by atoms with Crippen molar-refractivity contribution in [2.75, 3.05) is 6.61 Å². The molecule has 0 atom stereocenters. The number of hydrogen-bond donors (Lipinski definition) is 0. The summed E-state index contributed by atoms with van der Waals surface area (Å²) in [5, 5.41) is 0. The molecule has 0 amide bonds. The maximum Gasteiger partial charge on any atom is 0.0575 e. The topological polar surface area (TPSA) is 9.23 Å². The molecule has 0 unspecified atom stereocenters. The average molecular weight is 365 g/mol. The Labute approximate surface area is 165 Å². The summed E-state index contributed by atoms with van der Waals surface area (Å²) < 4.78 is 6.24. The predicted octanol–water partition coefficient (Wildman–Crippen LogP) is 8.31. The van der Waals surface area contributed by atoms with Gasteiger partial charge in [0.1, 0.15) is 0 Å². The Morgan fingerprint density at radius 1 is 0.538 bits per heavy atom. The molecule has 2 aliphatic rings. The van der Waals surface area contributed by atoms with Gasteiger partial charge in [0.15, 0.2) is 0 Å². The Balaban J connectivity index is 1.42. The van der Waals surface area contributed by atoms with Crippen LogP contribution in [0.15, 0.2) is 0 Å². The molecule has 0 aromatic carbocycles. The minimum Gasteiger partial charge on any atom is -0.378 e. The van der Waals surface area contributed by atoms with E-state index in [9.17, 15) is 0 Å². The minimum absolute atomic E-state index is 0.589. The van der Waals surface area contributed by atoms with Gasteiger partial charge in [-0.1, -0.05) is 90.9 Å². The van der Waals surface area contributed by atoms with Gasteiger partial charge in [-0.25, -0.2) is 0 Å². The van der Waals surface area contributed by atoms with Gasteiger partial charge in [-0.15, -0.1) is 0 Å². The highest BCUT2D eigenvalue weighted by Crippen LogP contribution is 2.34. The van der Waals surface area contributed by atoms with Gasteiger partial charge in [-0.3, -0.25) is 0 Å². The molecule has 0 aliphatic heterocycles. The van der Waals surface area contributed by atoms with Crippen LogP contribution in [0.2, 0.25) is 0 Å². The summed E-state index contributed by atoms with van der Waals surface area (Å²) in [6.45, 7) is 5.67. The summed E-state index contributed by atoms with van der Waals surface area (Å²) in [6.07, 6.45) is 26.4. The first kappa shape index (κ1) is 22.3. The fourth-order valence-corrected chi connectivity index (χ4v) is 5.46. The predicted molar refractivity (Wildman–Crippen MR) is 115 cm³/mol. The van der Waals surface area contributed by atoms with Crippen molar-refractivity contribution in [2.45, 2.75) is 136 Å². The van der Waals surface area contributed by atoms with Crippen molar-refractivity contribution in [3.8, 4) is 0 Å². The van der Waals surface area contributed by atoms with Gasteiger partial charge >= 0.3 is 0 Å². The lowest BCUT2D eigenvalue weighted by Gasteiger charge is -2.30. The van der Waals surface area contributed by atoms with E-state index in [-0.39, 0.29) is 0 Å². The van der Waals surface area contributed by atoms with Crippen LogP contribution in [0, 0.1) is 17.8 Å². The average Bonchev–Trinajstić information content (AvgIpc) is 2.68. The lowest BCUT2D eigenvalue weighted by Crippen LogP contribution is -2.22.